The summed E-state index contributed by atoms with van der Waals surface area (Å²) in [6.07, 6.45) is 5.33. The van der Waals surface area contributed by atoms with E-state index in [9.17, 15) is 4.79 Å². The Kier molecular flexibility index (Phi) is 7.12. The molecule has 0 aromatic heterocycles. The van der Waals surface area contributed by atoms with Crippen LogP contribution in [0.25, 0.3) is 0 Å². The van der Waals surface area contributed by atoms with Crippen LogP contribution in [0.1, 0.15) is 56.2 Å². The highest BCUT2D eigenvalue weighted by molar-refractivity contribution is 5.85. The summed E-state index contributed by atoms with van der Waals surface area (Å²) in [5.74, 6) is 1.59. The lowest BCUT2D eigenvalue weighted by Crippen LogP contribution is -2.42. The molecule has 134 valence electrons. The zero-order valence-corrected chi connectivity index (χ0v) is 15.8. The third kappa shape index (κ3) is 4.52. The first-order valence-corrected chi connectivity index (χ1v) is 9.22. The Balaban J connectivity index is 0.00000208. The van der Waals surface area contributed by atoms with Crippen LogP contribution in [0.15, 0.2) is 24.3 Å². The third-order valence-corrected chi connectivity index (χ3v) is 5.60. The van der Waals surface area contributed by atoms with Crippen molar-refractivity contribution in [2.45, 2.75) is 52.0 Å². The van der Waals surface area contributed by atoms with E-state index in [1.807, 2.05) is 0 Å². The minimum atomic E-state index is 0. The van der Waals surface area contributed by atoms with Crippen LogP contribution in [0.2, 0.25) is 0 Å². The highest BCUT2D eigenvalue weighted by Crippen LogP contribution is 2.36. The van der Waals surface area contributed by atoms with Crippen molar-refractivity contribution in [1.29, 1.82) is 0 Å². The van der Waals surface area contributed by atoms with Gasteiger partial charge in [0.05, 0.1) is 6.04 Å². The minimum absolute atomic E-state index is 0. The maximum absolute atomic E-state index is 12.9. The number of likely N-dealkylation sites (tertiary alicyclic amines) is 1. The van der Waals surface area contributed by atoms with Gasteiger partial charge in [0, 0.05) is 13.0 Å². The lowest BCUT2D eigenvalue weighted by atomic mass is 9.85. The second-order valence-electron chi connectivity index (χ2n) is 7.46. The maximum atomic E-state index is 12.9. The molecular weight excluding hydrogens is 320 g/mol. The predicted molar refractivity (Wildman–Crippen MR) is 101 cm³/mol. The molecule has 1 aromatic carbocycles. The second kappa shape index (κ2) is 8.87. The number of amides is 1. The number of hydrogen-bond acceptors (Lipinski definition) is 2. The topological polar surface area (TPSA) is 32.3 Å². The van der Waals surface area contributed by atoms with Gasteiger partial charge in [-0.1, -0.05) is 36.8 Å². The molecule has 3 rings (SSSR count). The van der Waals surface area contributed by atoms with Gasteiger partial charge in [-0.05, 0) is 63.1 Å². The Hall–Kier alpha value is -1.06. The minimum Gasteiger partial charge on any atom is -0.335 e. The van der Waals surface area contributed by atoms with Crippen LogP contribution in [0, 0.1) is 18.8 Å². The molecule has 0 aliphatic carbocycles. The fourth-order valence-electron chi connectivity index (χ4n) is 4.17. The van der Waals surface area contributed by atoms with Crippen molar-refractivity contribution in [2.24, 2.45) is 11.8 Å². The molecule has 3 unspecified atom stereocenters. The van der Waals surface area contributed by atoms with E-state index < -0.39 is 0 Å². The van der Waals surface area contributed by atoms with Crippen LogP contribution in [-0.2, 0) is 4.79 Å². The first-order chi connectivity index (χ1) is 11.1. The number of piperidine rings is 1. The third-order valence-electron chi connectivity index (χ3n) is 5.60. The van der Waals surface area contributed by atoms with Gasteiger partial charge < -0.3 is 10.2 Å². The Labute approximate surface area is 152 Å². The Bertz CT molecular complexity index is 525. The molecule has 1 N–H and O–H groups in total. The van der Waals surface area contributed by atoms with E-state index in [0.29, 0.717) is 24.2 Å². The van der Waals surface area contributed by atoms with E-state index in [1.165, 1.54) is 24.0 Å². The van der Waals surface area contributed by atoms with Gasteiger partial charge >= 0.3 is 0 Å². The summed E-state index contributed by atoms with van der Waals surface area (Å²) in [7, 11) is 0. The standard InChI is InChI=1S/C20H30N2O.ClH/c1-15-5-8-18(9-6-15)20-16(2)4-3-13-22(20)19(23)10-7-17-11-12-21-14-17;/h5-6,8-9,16-17,20-21H,3-4,7,10-14H2,1-2H3;1H. The molecule has 2 saturated heterocycles. The molecule has 0 radical (unpaired) electrons. The molecule has 24 heavy (non-hydrogen) atoms. The van der Waals surface area contributed by atoms with E-state index in [1.54, 1.807) is 0 Å². The van der Waals surface area contributed by atoms with Crippen molar-refractivity contribution >= 4 is 18.3 Å². The molecule has 1 amide bonds. The molecule has 4 heteroatoms. The van der Waals surface area contributed by atoms with Crippen LogP contribution >= 0.6 is 12.4 Å². The molecule has 1 aromatic rings. The molecule has 0 saturated carbocycles. The number of nitrogens with zero attached hydrogens (tertiary/aromatic N) is 1. The Morgan fingerprint density at radius 1 is 1.25 bits per heavy atom. The molecule has 2 aliphatic rings. The van der Waals surface area contributed by atoms with E-state index in [-0.39, 0.29) is 18.4 Å². The first-order valence-electron chi connectivity index (χ1n) is 9.22. The van der Waals surface area contributed by atoms with Crippen LogP contribution in [0.3, 0.4) is 0 Å². The molecule has 0 spiro atoms. The lowest BCUT2D eigenvalue weighted by Gasteiger charge is -2.40. The molecule has 0 bridgehead atoms. The Morgan fingerprint density at radius 3 is 2.67 bits per heavy atom. The molecule has 3 nitrogen and oxygen atoms in total. The summed E-state index contributed by atoms with van der Waals surface area (Å²) in [6.45, 7) is 7.54. The fraction of sp³-hybridized carbons (Fsp3) is 0.650. The predicted octanol–water partition coefficient (Wildman–Crippen LogP) is 4.11. The summed E-state index contributed by atoms with van der Waals surface area (Å²) < 4.78 is 0. The maximum Gasteiger partial charge on any atom is 0.223 e. The second-order valence-corrected chi connectivity index (χ2v) is 7.46. The molecule has 2 aliphatic heterocycles. The summed E-state index contributed by atoms with van der Waals surface area (Å²) >= 11 is 0. The number of rotatable bonds is 4. The number of aryl methyl sites for hydroxylation is 1. The van der Waals surface area contributed by atoms with Crippen molar-refractivity contribution < 1.29 is 4.79 Å². The highest BCUT2D eigenvalue weighted by atomic mass is 35.5. The van der Waals surface area contributed by atoms with E-state index in [2.05, 4.69) is 48.3 Å². The van der Waals surface area contributed by atoms with Crippen LogP contribution in [0.5, 0.6) is 0 Å². The average Bonchev–Trinajstić information content (AvgIpc) is 3.07. The van der Waals surface area contributed by atoms with Crippen molar-refractivity contribution in [3.8, 4) is 0 Å². The van der Waals surface area contributed by atoms with Gasteiger partial charge in [-0.2, -0.15) is 0 Å². The van der Waals surface area contributed by atoms with E-state index in [0.717, 1.165) is 32.5 Å². The van der Waals surface area contributed by atoms with Gasteiger partial charge in [-0.15, -0.1) is 12.4 Å². The zero-order chi connectivity index (χ0) is 16.2. The van der Waals surface area contributed by atoms with Gasteiger partial charge in [-0.3, -0.25) is 4.79 Å². The number of hydrogen-bond donors (Lipinski definition) is 1. The summed E-state index contributed by atoms with van der Waals surface area (Å²) in [5.41, 5.74) is 2.59. The number of benzene rings is 1. The monoisotopic (exact) mass is 350 g/mol. The van der Waals surface area contributed by atoms with Crippen molar-refractivity contribution in [2.75, 3.05) is 19.6 Å². The van der Waals surface area contributed by atoms with Crippen LogP contribution in [0.4, 0.5) is 0 Å². The molecule has 2 fully saturated rings. The van der Waals surface area contributed by atoms with Gasteiger partial charge in [0.2, 0.25) is 5.91 Å². The van der Waals surface area contributed by atoms with Crippen LogP contribution < -0.4 is 5.32 Å². The number of halogens is 1. The smallest absolute Gasteiger partial charge is 0.223 e. The molecular formula is C20H31ClN2O. The first kappa shape index (κ1) is 19.3. The quantitative estimate of drug-likeness (QED) is 0.886. The van der Waals surface area contributed by atoms with Gasteiger partial charge in [-0.25, -0.2) is 0 Å². The largest absolute Gasteiger partial charge is 0.335 e. The Morgan fingerprint density at radius 2 is 2.00 bits per heavy atom. The van der Waals surface area contributed by atoms with Crippen molar-refractivity contribution in [1.82, 2.24) is 10.2 Å². The molecule has 2 heterocycles. The molecule has 3 atom stereocenters. The lowest BCUT2D eigenvalue weighted by molar-refractivity contribution is -0.136. The van der Waals surface area contributed by atoms with Crippen molar-refractivity contribution in [3.63, 3.8) is 0 Å². The van der Waals surface area contributed by atoms with Crippen LogP contribution in [-0.4, -0.2) is 30.4 Å². The number of carbonyl (C=O) groups is 1. The summed E-state index contributed by atoms with van der Waals surface area (Å²) in [4.78, 5) is 15.0. The number of nitrogens with one attached hydrogen (secondary N) is 1. The normalized spacial score (nSPS) is 26.9. The SMILES string of the molecule is Cc1ccc(C2C(C)CCCN2C(=O)CCC2CCNC2)cc1.Cl. The average molecular weight is 351 g/mol. The van der Waals surface area contributed by atoms with Crippen molar-refractivity contribution in [3.05, 3.63) is 35.4 Å². The van der Waals surface area contributed by atoms with E-state index >= 15 is 0 Å². The van der Waals surface area contributed by atoms with Gasteiger partial charge in [0.15, 0.2) is 0 Å². The highest BCUT2D eigenvalue weighted by Gasteiger charge is 2.33. The number of carbonyl (C=O) groups excluding carboxylic acids is 1. The summed E-state index contributed by atoms with van der Waals surface area (Å²) in [6, 6.07) is 9.03. The van der Waals surface area contributed by atoms with Gasteiger partial charge in [0.1, 0.15) is 0 Å². The zero-order valence-electron chi connectivity index (χ0n) is 15.0. The summed E-state index contributed by atoms with van der Waals surface area (Å²) in [5, 5.41) is 3.40. The van der Waals surface area contributed by atoms with E-state index in [4.69, 9.17) is 0 Å². The fourth-order valence-corrected chi connectivity index (χ4v) is 4.17. The van der Waals surface area contributed by atoms with Gasteiger partial charge in [0.25, 0.3) is 0 Å².